The summed E-state index contributed by atoms with van der Waals surface area (Å²) < 4.78 is 33.4. The van der Waals surface area contributed by atoms with Crippen molar-refractivity contribution in [3.8, 4) is 0 Å². The number of pyridine rings is 1. The van der Waals surface area contributed by atoms with Gasteiger partial charge in [-0.2, -0.15) is 4.31 Å². The first-order chi connectivity index (χ1) is 14.9. The lowest BCUT2D eigenvalue weighted by Gasteiger charge is -2.20. The quantitative estimate of drug-likeness (QED) is 0.547. The summed E-state index contributed by atoms with van der Waals surface area (Å²) in [5, 5.41) is 2.86. The molecule has 1 N–H and O–H groups in total. The Morgan fingerprint density at radius 3 is 2.39 bits per heavy atom. The summed E-state index contributed by atoms with van der Waals surface area (Å²) >= 11 is 0. The third-order valence-corrected chi connectivity index (χ3v) is 6.91. The van der Waals surface area contributed by atoms with Crippen molar-refractivity contribution in [3.05, 3.63) is 88.7 Å². The highest BCUT2D eigenvalue weighted by atomic mass is 32.2. The molecule has 0 aliphatic heterocycles. The Balaban J connectivity index is 1.85. The molecule has 0 spiro atoms. The van der Waals surface area contributed by atoms with Crippen LogP contribution in [0.1, 0.15) is 31.2 Å². The second-order valence-corrected chi connectivity index (χ2v) is 8.78. The molecule has 9 heteroatoms. The van der Waals surface area contributed by atoms with Crippen molar-refractivity contribution in [1.82, 2.24) is 14.2 Å². The zero-order valence-electron chi connectivity index (χ0n) is 17.4. The number of benzene rings is 1. The molecular formula is C22H25N3O5S. The monoisotopic (exact) mass is 443 g/mol. The van der Waals surface area contributed by atoms with Crippen molar-refractivity contribution >= 4 is 15.9 Å². The first-order valence-electron chi connectivity index (χ1n) is 9.95. The maximum atomic E-state index is 12.8. The number of hydrogen-bond donors (Lipinski definition) is 1. The van der Waals surface area contributed by atoms with Crippen LogP contribution in [0.3, 0.4) is 0 Å². The van der Waals surface area contributed by atoms with Gasteiger partial charge in [-0.05, 0) is 23.8 Å². The predicted octanol–water partition coefficient (Wildman–Crippen LogP) is 2.38. The van der Waals surface area contributed by atoms with E-state index in [-0.39, 0.29) is 11.4 Å². The number of aromatic nitrogens is 1. The number of rotatable bonds is 9. The van der Waals surface area contributed by atoms with Crippen molar-refractivity contribution < 1.29 is 17.6 Å². The molecule has 0 radical (unpaired) electrons. The average molecular weight is 444 g/mol. The van der Waals surface area contributed by atoms with Crippen molar-refractivity contribution in [2.24, 2.45) is 0 Å². The third kappa shape index (κ3) is 5.12. The topological polar surface area (TPSA) is 102 Å². The van der Waals surface area contributed by atoms with Crippen molar-refractivity contribution in [1.29, 1.82) is 0 Å². The van der Waals surface area contributed by atoms with Crippen LogP contribution in [0.4, 0.5) is 0 Å². The van der Waals surface area contributed by atoms with E-state index in [0.717, 1.165) is 16.2 Å². The van der Waals surface area contributed by atoms with Gasteiger partial charge in [0.25, 0.3) is 5.56 Å². The van der Waals surface area contributed by atoms with Crippen molar-refractivity contribution in [2.75, 3.05) is 13.1 Å². The Hall–Kier alpha value is -3.17. The Bertz CT molecular complexity index is 1170. The highest BCUT2D eigenvalue weighted by Gasteiger charge is 2.23. The van der Waals surface area contributed by atoms with E-state index in [1.165, 1.54) is 22.8 Å². The van der Waals surface area contributed by atoms with Gasteiger partial charge in [0.15, 0.2) is 0 Å². The minimum Gasteiger partial charge on any atom is -0.467 e. The Morgan fingerprint density at radius 1 is 1.06 bits per heavy atom. The number of nitrogens with zero attached hydrogens (tertiary/aromatic N) is 2. The van der Waals surface area contributed by atoms with E-state index in [0.29, 0.717) is 18.8 Å². The third-order valence-electron chi connectivity index (χ3n) is 4.88. The normalized spacial score (nSPS) is 12.6. The zero-order chi connectivity index (χ0) is 22.4. The molecule has 31 heavy (non-hydrogen) atoms. The van der Waals surface area contributed by atoms with Crippen LogP contribution in [-0.4, -0.2) is 36.3 Å². The second-order valence-electron chi connectivity index (χ2n) is 6.85. The maximum absolute atomic E-state index is 12.8. The number of nitrogens with one attached hydrogen (secondary N) is 1. The van der Waals surface area contributed by atoms with Crippen LogP contribution in [-0.2, 0) is 21.4 Å². The van der Waals surface area contributed by atoms with Crippen LogP contribution < -0.4 is 10.9 Å². The van der Waals surface area contributed by atoms with Crippen LogP contribution in [0.5, 0.6) is 0 Å². The fraction of sp³-hybridized carbons (Fsp3) is 0.273. The molecule has 8 nitrogen and oxygen atoms in total. The average Bonchev–Trinajstić information content (AvgIpc) is 3.29. The standard InChI is InChI=1S/C22H25N3O5S/c1-3-25(4-2)31(28,29)18-12-13-21(27)24(15-18)16-20(26)23-22(19-11-8-14-30-19)17-9-6-5-7-10-17/h5-15,22H,3-4,16H2,1-2H3,(H,23,26). The van der Waals surface area contributed by atoms with Crippen LogP contribution in [0.2, 0.25) is 0 Å². The van der Waals surface area contributed by atoms with E-state index in [9.17, 15) is 18.0 Å². The molecule has 0 aliphatic rings. The molecule has 0 saturated heterocycles. The molecule has 1 aromatic carbocycles. The van der Waals surface area contributed by atoms with Crippen molar-refractivity contribution in [2.45, 2.75) is 31.3 Å². The fourth-order valence-electron chi connectivity index (χ4n) is 3.28. The summed E-state index contributed by atoms with van der Waals surface area (Å²) in [5.74, 6) is 0.0921. The predicted molar refractivity (Wildman–Crippen MR) is 116 cm³/mol. The van der Waals surface area contributed by atoms with E-state index in [4.69, 9.17) is 4.42 Å². The highest BCUT2D eigenvalue weighted by Crippen LogP contribution is 2.22. The van der Waals surface area contributed by atoms with E-state index in [2.05, 4.69) is 5.32 Å². The summed E-state index contributed by atoms with van der Waals surface area (Å²) in [6, 6.07) is 14.6. The molecule has 0 bridgehead atoms. The molecule has 1 unspecified atom stereocenters. The van der Waals surface area contributed by atoms with Gasteiger partial charge in [0.05, 0.1) is 11.2 Å². The number of carbonyl (C=O) groups is 1. The largest absolute Gasteiger partial charge is 0.467 e. The molecule has 2 aromatic heterocycles. The molecule has 3 rings (SSSR count). The molecule has 0 fully saturated rings. The lowest BCUT2D eigenvalue weighted by molar-refractivity contribution is -0.122. The van der Waals surface area contributed by atoms with E-state index in [1.54, 1.807) is 26.0 Å². The first-order valence-corrected chi connectivity index (χ1v) is 11.4. The minimum absolute atomic E-state index is 0.0331. The summed E-state index contributed by atoms with van der Waals surface area (Å²) in [6.45, 7) is 3.76. The number of sulfonamides is 1. The lowest BCUT2D eigenvalue weighted by atomic mass is 10.0. The number of furan rings is 1. The van der Waals surface area contributed by atoms with Gasteiger partial charge in [0, 0.05) is 25.4 Å². The Labute approximate surface area is 181 Å². The van der Waals surface area contributed by atoms with Gasteiger partial charge < -0.3 is 14.3 Å². The molecule has 1 atom stereocenters. The minimum atomic E-state index is -3.75. The molecule has 0 saturated carbocycles. The first kappa shape index (κ1) is 22.5. The number of hydrogen-bond acceptors (Lipinski definition) is 5. The summed E-state index contributed by atoms with van der Waals surface area (Å²) in [4.78, 5) is 25.0. The molecule has 0 aliphatic carbocycles. The van der Waals surface area contributed by atoms with Crippen LogP contribution >= 0.6 is 0 Å². The van der Waals surface area contributed by atoms with E-state index < -0.39 is 27.5 Å². The zero-order valence-corrected chi connectivity index (χ0v) is 18.2. The van der Waals surface area contributed by atoms with Gasteiger partial charge in [0.1, 0.15) is 18.3 Å². The smallest absolute Gasteiger partial charge is 0.251 e. The fourth-order valence-corrected chi connectivity index (χ4v) is 4.76. The van der Waals surface area contributed by atoms with Gasteiger partial charge in [-0.1, -0.05) is 44.2 Å². The summed E-state index contributed by atoms with van der Waals surface area (Å²) in [6.07, 6.45) is 2.73. The lowest BCUT2D eigenvalue weighted by Crippen LogP contribution is -2.36. The van der Waals surface area contributed by atoms with Gasteiger partial charge in [-0.15, -0.1) is 0 Å². The molecule has 1 amide bonds. The molecule has 164 valence electrons. The van der Waals surface area contributed by atoms with Gasteiger partial charge in [0.2, 0.25) is 15.9 Å². The summed E-state index contributed by atoms with van der Waals surface area (Å²) in [7, 11) is -3.75. The summed E-state index contributed by atoms with van der Waals surface area (Å²) in [5.41, 5.74) is 0.346. The van der Waals surface area contributed by atoms with Crippen LogP contribution in [0, 0.1) is 0 Å². The van der Waals surface area contributed by atoms with Crippen molar-refractivity contribution in [3.63, 3.8) is 0 Å². The van der Waals surface area contributed by atoms with Gasteiger partial charge >= 0.3 is 0 Å². The number of carbonyl (C=O) groups excluding carboxylic acids is 1. The molecular weight excluding hydrogens is 418 g/mol. The second kappa shape index (κ2) is 9.76. The van der Waals surface area contributed by atoms with Gasteiger partial charge in [-0.25, -0.2) is 8.42 Å². The van der Waals surface area contributed by atoms with E-state index >= 15 is 0 Å². The number of amides is 1. The van der Waals surface area contributed by atoms with Gasteiger partial charge in [-0.3, -0.25) is 9.59 Å². The highest BCUT2D eigenvalue weighted by molar-refractivity contribution is 7.89. The Morgan fingerprint density at radius 2 is 1.77 bits per heavy atom. The SMILES string of the molecule is CCN(CC)S(=O)(=O)c1ccc(=O)n(CC(=O)NC(c2ccccc2)c2ccco2)c1. The maximum Gasteiger partial charge on any atom is 0.251 e. The Kier molecular flexibility index (Phi) is 7.09. The van der Waals surface area contributed by atoms with E-state index in [1.807, 2.05) is 30.3 Å². The van der Waals surface area contributed by atoms with Crippen LogP contribution in [0.15, 0.2) is 81.2 Å². The molecule has 3 aromatic rings. The van der Waals surface area contributed by atoms with Crippen LogP contribution in [0.25, 0.3) is 0 Å². The molecule has 2 heterocycles.